The van der Waals surface area contributed by atoms with Gasteiger partial charge in [-0.25, -0.2) is 0 Å². The van der Waals surface area contributed by atoms with Crippen LogP contribution in [0.4, 0.5) is 0 Å². The largest absolute Gasteiger partial charge is 0.493 e. The maximum Gasteiger partial charge on any atom is 0.153 e. The van der Waals surface area contributed by atoms with E-state index in [1.165, 1.54) is 0 Å². The Kier molecular flexibility index (Phi) is 1.82. The Bertz CT molecular complexity index is 305. The van der Waals surface area contributed by atoms with Gasteiger partial charge in [0.1, 0.15) is 5.75 Å². The summed E-state index contributed by atoms with van der Waals surface area (Å²) in [4.78, 5) is 10.6. The predicted octanol–water partition coefficient (Wildman–Crippen LogP) is 1.82. The number of fused-ring (bicyclic) bond motifs is 1. The fourth-order valence-electron chi connectivity index (χ4n) is 1.51. The number of carbonyl (C=O) groups is 1. The summed E-state index contributed by atoms with van der Waals surface area (Å²) < 4.78 is 5.41. The van der Waals surface area contributed by atoms with Crippen LogP contribution < -0.4 is 4.74 Å². The first-order valence-electron chi connectivity index (χ1n) is 4.11. The van der Waals surface area contributed by atoms with E-state index in [4.69, 9.17) is 4.74 Å². The summed E-state index contributed by atoms with van der Waals surface area (Å²) in [6.45, 7) is 0.734. The topological polar surface area (TPSA) is 26.3 Å². The van der Waals surface area contributed by atoms with Gasteiger partial charge in [0.15, 0.2) is 6.29 Å². The molecule has 1 aromatic rings. The zero-order valence-electron chi connectivity index (χ0n) is 6.75. The first-order valence-corrected chi connectivity index (χ1v) is 4.11. The average Bonchev–Trinajstić information content (AvgIpc) is 2.17. The van der Waals surface area contributed by atoms with Gasteiger partial charge in [0.25, 0.3) is 0 Å². The molecule has 1 aromatic carbocycles. The molecule has 0 aliphatic carbocycles. The van der Waals surface area contributed by atoms with Gasteiger partial charge in [0.2, 0.25) is 0 Å². The molecule has 0 saturated carbocycles. The monoisotopic (exact) mass is 162 g/mol. The number of aryl methyl sites for hydroxylation is 1. The number of carbonyl (C=O) groups excluding carboxylic acids is 1. The van der Waals surface area contributed by atoms with Gasteiger partial charge in [-0.3, -0.25) is 4.79 Å². The molecule has 1 aliphatic heterocycles. The number of hydrogen-bond donors (Lipinski definition) is 0. The molecule has 2 heteroatoms. The van der Waals surface area contributed by atoms with E-state index < -0.39 is 0 Å². The third-order valence-electron chi connectivity index (χ3n) is 2.09. The molecule has 1 aliphatic rings. The molecule has 0 amide bonds. The second-order valence-corrected chi connectivity index (χ2v) is 2.91. The first kappa shape index (κ1) is 7.35. The summed E-state index contributed by atoms with van der Waals surface area (Å²) in [5.41, 5.74) is 1.83. The molecular weight excluding hydrogens is 152 g/mol. The molecule has 0 unspecified atom stereocenters. The Morgan fingerprint density at radius 3 is 3.17 bits per heavy atom. The Morgan fingerprint density at radius 2 is 2.33 bits per heavy atom. The number of benzene rings is 1. The molecule has 62 valence electrons. The fourth-order valence-corrected chi connectivity index (χ4v) is 1.51. The Morgan fingerprint density at radius 1 is 1.42 bits per heavy atom. The Hall–Kier alpha value is -1.31. The minimum absolute atomic E-state index is 0.673. The summed E-state index contributed by atoms with van der Waals surface area (Å²) in [5, 5.41) is 0. The third-order valence-corrected chi connectivity index (χ3v) is 2.09. The number of rotatable bonds is 1. The van der Waals surface area contributed by atoms with Crippen LogP contribution in [0.5, 0.6) is 5.75 Å². The van der Waals surface area contributed by atoms with E-state index in [0.717, 1.165) is 37.0 Å². The highest BCUT2D eigenvalue weighted by atomic mass is 16.5. The van der Waals surface area contributed by atoms with Crippen LogP contribution in [0.25, 0.3) is 0 Å². The van der Waals surface area contributed by atoms with Crippen molar-refractivity contribution in [2.45, 2.75) is 12.8 Å². The molecule has 0 aromatic heterocycles. The zero-order chi connectivity index (χ0) is 8.39. The molecule has 0 N–H and O–H groups in total. The summed E-state index contributed by atoms with van der Waals surface area (Å²) in [6, 6.07) is 5.70. The Labute approximate surface area is 71.2 Å². The van der Waals surface area contributed by atoms with Crippen molar-refractivity contribution < 1.29 is 9.53 Å². The number of para-hydroxylation sites is 1. The van der Waals surface area contributed by atoms with Crippen LogP contribution in [0.15, 0.2) is 18.2 Å². The van der Waals surface area contributed by atoms with E-state index in [0.29, 0.717) is 5.56 Å². The van der Waals surface area contributed by atoms with Crippen molar-refractivity contribution in [3.05, 3.63) is 29.3 Å². The number of ether oxygens (including phenoxy) is 1. The molecule has 2 rings (SSSR count). The van der Waals surface area contributed by atoms with Crippen molar-refractivity contribution in [3.63, 3.8) is 0 Å². The van der Waals surface area contributed by atoms with E-state index in [9.17, 15) is 4.79 Å². The maximum absolute atomic E-state index is 10.6. The van der Waals surface area contributed by atoms with E-state index in [2.05, 4.69) is 0 Å². The van der Waals surface area contributed by atoms with Crippen molar-refractivity contribution in [2.75, 3.05) is 6.61 Å². The first-order chi connectivity index (χ1) is 5.92. The minimum atomic E-state index is 0.673. The van der Waals surface area contributed by atoms with Gasteiger partial charge in [-0.1, -0.05) is 12.1 Å². The minimum Gasteiger partial charge on any atom is -0.493 e. The quantitative estimate of drug-likeness (QED) is 0.589. The van der Waals surface area contributed by atoms with Crippen LogP contribution in [0.1, 0.15) is 22.3 Å². The molecule has 0 fully saturated rings. The maximum atomic E-state index is 10.6. The lowest BCUT2D eigenvalue weighted by Gasteiger charge is -2.17. The van der Waals surface area contributed by atoms with E-state index in [-0.39, 0.29) is 0 Å². The summed E-state index contributed by atoms with van der Waals surface area (Å²) >= 11 is 0. The van der Waals surface area contributed by atoms with Gasteiger partial charge in [-0.2, -0.15) is 0 Å². The van der Waals surface area contributed by atoms with Gasteiger partial charge in [0.05, 0.1) is 12.2 Å². The van der Waals surface area contributed by atoms with Crippen LogP contribution >= 0.6 is 0 Å². The highest BCUT2D eigenvalue weighted by Gasteiger charge is 2.12. The molecular formula is C10H10O2. The highest BCUT2D eigenvalue weighted by Crippen LogP contribution is 2.27. The van der Waals surface area contributed by atoms with E-state index >= 15 is 0 Å². The molecule has 0 spiro atoms. The van der Waals surface area contributed by atoms with E-state index in [1.807, 2.05) is 12.1 Å². The molecule has 0 atom stereocenters. The molecule has 0 bridgehead atoms. The van der Waals surface area contributed by atoms with E-state index in [1.54, 1.807) is 6.07 Å². The standard InChI is InChI=1S/C10H10O2/c11-7-9-4-1-3-8-5-2-6-12-10(8)9/h1,3-4,7H,2,5-6H2. The lowest BCUT2D eigenvalue weighted by molar-refractivity contribution is 0.111. The summed E-state index contributed by atoms with van der Waals surface area (Å²) in [5.74, 6) is 0.791. The summed E-state index contributed by atoms with van der Waals surface area (Å²) in [6.07, 6.45) is 2.93. The third kappa shape index (κ3) is 1.09. The second-order valence-electron chi connectivity index (χ2n) is 2.91. The Balaban J connectivity index is 2.51. The predicted molar refractivity (Wildman–Crippen MR) is 45.6 cm³/mol. The van der Waals surface area contributed by atoms with Crippen LogP contribution in [0, 0.1) is 0 Å². The average molecular weight is 162 g/mol. The van der Waals surface area contributed by atoms with Gasteiger partial charge < -0.3 is 4.74 Å². The number of aldehydes is 1. The van der Waals surface area contributed by atoms with Gasteiger partial charge in [-0.05, 0) is 24.5 Å². The summed E-state index contributed by atoms with van der Waals surface area (Å²) in [7, 11) is 0. The second kappa shape index (κ2) is 2.97. The fraction of sp³-hybridized carbons (Fsp3) is 0.300. The van der Waals surface area contributed by atoms with Crippen LogP contribution in [0.3, 0.4) is 0 Å². The lowest BCUT2D eigenvalue weighted by Crippen LogP contribution is -2.09. The zero-order valence-corrected chi connectivity index (χ0v) is 6.75. The van der Waals surface area contributed by atoms with Crippen LogP contribution in [-0.2, 0) is 6.42 Å². The lowest BCUT2D eigenvalue weighted by atomic mass is 10.0. The molecule has 0 radical (unpaired) electrons. The number of hydrogen-bond acceptors (Lipinski definition) is 2. The van der Waals surface area contributed by atoms with Crippen molar-refractivity contribution in [1.29, 1.82) is 0 Å². The molecule has 0 saturated heterocycles. The molecule has 1 heterocycles. The highest BCUT2D eigenvalue weighted by molar-refractivity contribution is 5.80. The van der Waals surface area contributed by atoms with Gasteiger partial charge >= 0.3 is 0 Å². The molecule has 12 heavy (non-hydrogen) atoms. The SMILES string of the molecule is O=Cc1cccc2c1OCCC2. The van der Waals surface area contributed by atoms with Gasteiger partial charge in [0, 0.05) is 0 Å². The smallest absolute Gasteiger partial charge is 0.153 e. The normalized spacial score (nSPS) is 14.7. The van der Waals surface area contributed by atoms with Crippen LogP contribution in [-0.4, -0.2) is 12.9 Å². The molecule has 2 nitrogen and oxygen atoms in total. The van der Waals surface area contributed by atoms with Crippen molar-refractivity contribution in [3.8, 4) is 5.75 Å². The van der Waals surface area contributed by atoms with Crippen molar-refractivity contribution >= 4 is 6.29 Å². The van der Waals surface area contributed by atoms with Gasteiger partial charge in [-0.15, -0.1) is 0 Å². The van der Waals surface area contributed by atoms with Crippen molar-refractivity contribution in [1.82, 2.24) is 0 Å². The van der Waals surface area contributed by atoms with Crippen LogP contribution in [0.2, 0.25) is 0 Å². The van der Waals surface area contributed by atoms with Crippen molar-refractivity contribution in [2.24, 2.45) is 0 Å².